The van der Waals surface area contributed by atoms with Crippen LogP contribution in [0.4, 0.5) is 0 Å². The number of halogens is 2. The Balaban J connectivity index is -0.000000163. The molecule has 1 rings (SSSR count). The Bertz CT molecular complexity index is 142. The number of hydrogen-bond acceptors (Lipinski definition) is 0. The number of benzene rings is 1. The van der Waals surface area contributed by atoms with Gasteiger partial charge in [-0.25, -0.2) is 0 Å². The van der Waals surface area contributed by atoms with Gasteiger partial charge in [0.15, 0.2) is 0 Å². The van der Waals surface area contributed by atoms with E-state index in [2.05, 4.69) is 19.1 Å². The van der Waals surface area contributed by atoms with Crippen molar-refractivity contribution in [2.75, 3.05) is 0 Å². The molecule has 0 aliphatic heterocycles. The largest absolute Gasteiger partial charge is 2.00 e. The Morgan fingerprint density at radius 2 is 1.30 bits per heavy atom. The smallest absolute Gasteiger partial charge is 1.00 e. The van der Waals surface area contributed by atoms with Crippen molar-refractivity contribution in [3.63, 3.8) is 0 Å². The zero-order chi connectivity index (χ0) is 5.11. The second kappa shape index (κ2) is 9.82. The van der Waals surface area contributed by atoms with Gasteiger partial charge in [0, 0.05) is 0 Å². The molecule has 0 heterocycles. The monoisotopic (exact) mass is 442 g/mol. The van der Waals surface area contributed by atoms with E-state index in [-0.39, 0.29) is 53.8 Å². The zero-order valence-electron chi connectivity index (χ0n) is 5.50. The third-order valence-electron chi connectivity index (χ3n) is 0.940. The number of hydrogen-bond donors (Lipinski definition) is 0. The van der Waals surface area contributed by atoms with Crippen LogP contribution < -0.4 is 34.0 Å². The number of rotatable bonds is 0. The average molecular weight is 442 g/mol. The predicted molar refractivity (Wildman–Crippen MR) is 31.2 cm³/mol. The molecule has 0 nitrogen and oxygen atoms in total. The maximum absolute atomic E-state index is 2.08. The molecule has 0 unspecified atom stereocenters. The van der Waals surface area contributed by atoms with E-state index in [1.165, 1.54) is 5.56 Å². The van der Waals surface area contributed by atoms with Crippen LogP contribution in [0.3, 0.4) is 0 Å². The molecule has 10 heavy (non-hydrogen) atoms. The van der Waals surface area contributed by atoms with Gasteiger partial charge in [-0.1, -0.05) is 35.9 Å². The molecule has 1 aromatic rings. The standard InChI is InChI=1S/C7H8.2BrH.Os/c1-7-5-3-2-4-6-7;;;/h2-6H,1H3;2*1H;/q;;;+2/p-2. The Morgan fingerprint density at radius 3 is 1.50 bits per heavy atom. The molecule has 0 spiro atoms. The van der Waals surface area contributed by atoms with Crippen LogP contribution >= 0.6 is 0 Å². The van der Waals surface area contributed by atoms with Gasteiger partial charge in [-0.15, -0.1) is 0 Å². The second-order valence-electron chi connectivity index (χ2n) is 1.65. The fourth-order valence-corrected chi connectivity index (χ4v) is 0.534. The summed E-state index contributed by atoms with van der Waals surface area (Å²) in [4.78, 5) is 0. The molecule has 0 bridgehead atoms. The van der Waals surface area contributed by atoms with Crippen molar-refractivity contribution in [2.45, 2.75) is 6.92 Å². The summed E-state index contributed by atoms with van der Waals surface area (Å²) in [5, 5.41) is 0. The van der Waals surface area contributed by atoms with Crippen LogP contribution in [0.15, 0.2) is 30.3 Å². The first-order chi connectivity index (χ1) is 3.39. The summed E-state index contributed by atoms with van der Waals surface area (Å²) in [7, 11) is 0. The maximum Gasteiger partial charge on any atom is 2.00 e. The van der Waals surface area contributed by atoms with Crippen LogP contribution in [0.1, 0.15) is 5.56 Å². The van der Waals surface area contributed by atoms with E-state index in [0.29, 0.717) is 0 Å². The van der Waals surface area contributed by atoms with E-state index < -0.39 is 0 Å². The van der Waals surface area contributed by atoms with Crippen LogP contribution in [0.5, 0.6) is 0 Å². The Morgan fingerprint density at radius 1 is 0.900 bits per heavy atom. The van der Waals surface area contributed by atoms with Gasteiger partial charge in [-0.05, 0) is 6.92 Å². The molecule has 0 aromatic heterocycles. The van der Waals surface area contributed by atoms with Crippen LogP contribution in [0, 0.1) is 6.92 Å². The van der Waals surface area contributed by atoms with Gasteiger partial charge < -0.3 is 34.0 Å². The van der Waals surface area contributed by atoms with Gasteiger partial charge in [-0.3, -0.25) is 0 Å². The second-order valence-corrected chi connectivity index (χ2v) is 1.65. The molecule has 0 saturated carbocycles. The molecule has 58 valence electrons. The normalized spacial score (nSPS) is 6.10. The van der Waals surface area contributed by atoms with Crippen molar-refractivity contribution < 1.29 is 53.8 Å². The fraction of sp³-hybridized carbons (Fsp3) is 0.143. The minimum Gasteiger partial charge on any atom is -1.00 e. The summed E-state index contributed by atoms with van der Waals surface area (Å²) in [6.07, 6.45) is 0. The molecule has 0 aliphatic carbocycles. The van der Waals surface area contributed by atoms with E-state index in [1.807, 2.05) is 18.2 Å². The third kappa shape index (κ3) is 6.93. The van der Waals surface area contributed by atoms with Crippen LogP contribution in [0.25, 0.3) is 0 Å². The minimum atomic E-state index is 0. The molecule has 0 radical (unpaired) electrons. The average Bonchev–Trinajstić information content (AvgIpc) is 1.69. The topological polar surface area (TPSA) is 0 Å². The summed E-state index contributed by atoms with van der Waals surface area (Å²) in [6, 6.07) is 10.3. The maximum atomic E-state index is 2.08. The van der Waals surface area contributed by atoms with Gasteiger partial charge in [0.05, 0.1) is 0 Å². The molecular formula is C7H8Br2Os. The molecule has 3 heteroatoms. The summed E-state index contributed by atoms with van der Waals surface area (Å²) in [5.74, 6) is 0. The predicted octanol–water partition coefficient (Wildman–Crippen LogP) is -4.00. The first-order valence-electron chi connectivity index (χ1n) is 2.41. The summed E-state index contributed by atoms with van der Waals surface area (Å²) in [5.41, 5.74) is 1.32. The van der Waals surface area contributed by atoms with Gasteiger partial charge in [0.2, 0.25) is 0 Å². The van der Waals surface area contributed by atoms with Gasteiger partial charge in [0.25, 0.3) is 0 Å². The quantitative estimate of drug-likeness (QED) is 0.385. The number of aryl methyl sites for hydroxylation is 1. The van der Waals surface area contributed by atoms with Crippen molar-refractivity contribution in [1.82, 2.24) is 0 Å². The van der Waals surface area contributed by atoms with Crippen molar-refractivity contribution in [3.05, 3.63) is 35.9 Å². The van der Waals surface area contributed by atoms with Crippen molar-refractivity contribution in [2.24, 2.45) is 0 Å². The Hall–Kier alpha value is 0.816. The summed E-state index contributed by atoms with van der Waals surface area (Å²) >= 11 is 0. The van der Waals surface area contributed by atoms with E-state index in [4.69, 9.17) is 0 Å². The van der Waals surface area contributed by atoms with E-state index >= 15 is 0 Å². The molecule has 1 aromatic carbocycles. The molecular weight excluding hydrogens is 434 g/mol. The van der Waals surface area contributed by atoms with Crippen molar-refractivity contribution in [3.8, 4) is 0 Å². The first-order valence-corrected chi connectivity index (χ1v) is 2.41. The Labute approximate surface area is 96.0 Å². The summed E-state index contributed by atoms with van der Waals surface area (Å²) < 4.78 is 0. The van der Waals surface area contributed by atoms with Crippen LogP contribution in [0.2, 0.25) is 0 Å². The molecule has 0 N–H and O–H groups in total. The zero-order valence-corrected chi connectivity index (χ0v) is 11.2. The van der Waals surface area contributed by atoms with Crippen molar-refractivity contribution >= 4 is 0 Å². The Kier molecular flexibility index (Phi) is 16.7. The molecule has 0 atom stereocenters. The molecule has 0 saturated heterocycles. The van der Waals surface area contributed by atoms with Crippen LogP contribution in [-0.2, 0) is 19.8 Å². The fourth-order valence-electron chi connectivity index (χ4n) is 0.534. The van der Waals surface area contributed by atoms with Gasteiger partial charge in [-0.2, -0.15) is 0 Å². The van der Waals surface area contributed by atoms with Crippen molar-refractivity contribution in [1.29, 1.82) is 0 Å². The van der Waals surface area contributed by atoms with E-state index in [0.717, 1.165) is 0 Å². The molecule has 0 aliphatic rings. The summed E-state index contributed by atoms with van der Waals surface area (Å²) in [6.45, 7) is 2.08. The minimum absolute atomic E-state index is 0. The molecule has 0 fully saturated rings. The van der Waals surface area contributed by atoms with E-state index in [9.17, 15) is 0 Å². The van der Waals surface area contributed by atoms with Gasteiger partial charge in [0.1, 0.15) is 0 Å². The van der Waals surface area contributed by atoms with Gasteiger partial charge >= 0.3 is 19.8 Å². The van der Waals surface area contributed by atoms with Crippen LogP contribution in [-0.4, -0.2) is 0 Å². The molecule has 0 amide bonds. The first kappa shape index (κ1) is 17.1. The van der Waals surface area contributed by atoms with E-state index in [1.54, 1.807) is 0 Å². The SMILES string of the molecule is Cc1ccccc1.[Br-].[Br-].[Os+2]. The third-order valence-corrected chi connectivity index (χ3v) is 0.940.